The average Bonchev–Trinajstić information content (AvgIpc) is 3.11. The molecule has 1 atom stereocenters. The Kier molecular flexibility index (Phi) is 11.3. The maximum absolute atomic E-state index is 13.7. The third-order valence-electron chi connectivity index (χ3n) is 7.29. The van der Waals surface area contributed by atoms with E-state index in [1.165, 1.54) is 11.8 Å². The number of carbonyl (C=O) groups is 3. The summed E-state index contributed by atoms with van der Waals surface area (Å²) in [4.78, 5) is 43.1. The van der Waals surface area contributed by atoms with Gasteiger partial charge in [0.25, 0.3) is 11.8 Å². The van der Waals surface area contributed by atoms with Gasteiger partial charge in [0.1, 0.15) is 16.7 Å². The summed E-state index contributed by atoms with van der Waals surface area (Å²) in [6.07, 6.45) is 1.64. The van der Waals surface area contributed by atoms with Crippen LogP contribution in [0.25, 0.3) is 6.08 Å². The minimum absolute atomic E-state index is 0.0838. The molecule has 5 aromatic rings. The molecule has 0 aliphatic carbocycles. The van der Waals surface area contributed by atoms with Gasteiger partial charge in [-0.2, -0.15) is 0 Å². The molecule has 0 radical (unpaired) electrons. The number of benzene rings is 5. The minimum atomic E-state index is -0.579. The molecule has 48 heavy (non-hydrogen) atoms. The second kappa shape index (κ2) is 16.2. The van der Waals surface area contributed by atoms with Crippen LogP contribution in [0.2, 0.25) is 0 Å². The molecule has 0 bridgehead atoms. The molecule has 0 saturated heterocycles. The summed E-state index contributed by atoms with van der Waals surface area (Å²) >= 11 is 1.36. The zero-order valence-corrected chi connectivity index (χ0v) is 27.7. The Balaban J connectivity index is 1.37. The van der Waals surface area contributed by atoms with Gasteiger partial charge in [-0.25, -0.2) is 0 Å². The SMILES string of the molecule is COc1ccc(NC(=O)C(Sc2cccc(NC(=O)/C(=C\c3ccc(N(C)C)cc3)NC(=O)c3ccccc3)c2)c2ccccc2)cc1. The van der Waals surface area contributed by atoms with E-state index in [9.17, 15) is 14.4 Å². The number of nitrogens with one attached hydrogen (secondary N) is 3. The maximum Gasteiger partial charge on any atom is 0.272 e. The second-order valence-corrected chi connectivity index (χ2v) is 12.2. The van der Waals surface area contributed by atoms with Crippen LogP contribution in [-0.4, -0.2) is 38.9 Å². The number of hydrogen-bond donors (Lipinski definition) is 3. The lowest BCUT2D eigenvalue weighted by Crippen LogP contribution is -2.30. The van der Waals surface area contributed by atoms with Gasteiger partial charge in [-0.05, 0) is 83.9 Å². The molecule has 8 nitrogen and oxygen atoms in total. The van der Waals surface area contributed by atoms with Crippen molar-refractivity contribution in [2.75, 3.05) is 36.7 Å². The monoisotopic (exact) mass is 656 g/mol. The van der Waals surface area contributed by atoms with Crippen molar-refractivity contribution in [2.24, 2.45) is 0 Å². The Bertz CT molecular complexity index is 1880. The maximum atomic E-state index is 13.7. The van der Waals surface area contributed by atoms with E-state index in [0.29, 0.717) is 22.7 Å². The van der Waals surface area contributed by atoms with Gasteiger partial charge in [0.2, 0.25) is 5.91 Å². The van der Waals surface area contributed by atoms with Crippen LogP contribution in [0.3, 0.4) is 0 Å². The highest BCUT2D eigenvalue weighted by atomic mass is 32.2. The highest BCUT2D eigenvalue weighted by Crippen LogP contribution is 2.37. The topological polar surface area (TPSA) is 99.8 Å². The lowest BCUT2D eigenvalue weighted by atomic mass is 10.1. The van der Waals surface area contributed by atoms with Crippen LogP contribution in [0.15, 0.2) is 144 Å². The van der Waals surface area contributed by atoms with Crippen molar-refractivity contribution in [2.45, 2.75) is 10.1 Å². The van der Waals surface area contributed by atoms with Crippen LogP contribution < -0.4 is 25.6 Å². The third kappa shape index (κ3) is 9.14. The molecule has 0 heterocycles. The van der Waals surface area contributed by atoms with Crippen LogP contribution in [0.4, 0.5) is 17.1 Å². The Morgan fingerprint density at radius 3 is 2.04 bits per heavy atom. The van der Waals surface area contributed by atoms with Gasteiger partial charge in [-0.1, -0.05) is 66.7 Å². The predicted molar refractivity (Wildman–Crippen MR) is 194 cm³/mol. The standard InChI is InChI=1S/C39H36N4O4S/c1-43(2)32-21-17-27(18-22-32)25-35(42-37(44)29-13-8-5-9-14-29)38(45)41-31-15-10-16-34(26-31)48-36(28-11-6-4-7-12-28)39(46)40-30-19-23-33(47-3)24-20-30/h4-26,36H,1-3H3,(H,40,46)(H,41,45)(H,42,44)/b35-25+. The zero-order chi connectivity index (χ0) is 33.9. The molecule has 0 aliphatic rings. The zero-order valence-electron chi connectivity index (χ0n) is 26.8. The molecule has 0 spiro atoms. The van der Waals surface area contributed by atoms with Crippen molar-refractivity contribution in [3.05, 3.63) is 156 Å². The van der Waals surface area contributed by atoms with Crippen molar-refractivity contribution in [1.82, 2.24) is 5.32 Å². The molecule has 0 saturated carbocycles. The molecule has 3 amide bonds. The van der Waals surface area contributed by atoms with Crippen LogP contribution in [0.5, 0.6) is 5.75 Å². The van der Waals surface area contributed by atoms with Crippen molar-refractivity contribution in [1.29, 1.82) is 0 Å². The summed E-state index contributed by atoms with van der Waals surface area (Å²) < 4.78 is 5.23. The van der Waals surface area contributed by atoms with Crippen LogP contribution in [0, 0.1) is 0 Å². The number of amides is 3. The smallest absolute Gasteiger partial charge is 0.272 e. The fourth-order valence-corrected chi connectivity index (χ4v) is 5.83. The molecule has 9 heteroatoms. The Morgan fingerprint density at radius 2 is 1.40 bits per heavy atom. The number of rotatable bonds is 12. The van der Waals surface area contributed by atoms with Crippen LogP contribution >= 0.6 is 11.8 Å². The van der Waals surface area contributed by atoms with Gasteiger partial charge < -0.3 is 25.6 Å². The molecule has 0 fully saturated rings. The van der Waals surface area contributed by atoms with Crippen molar-refractivity contribution in [3.63, 3.8) is 0 Å². The van der Waals surface area contributed by atoms with Crippen LogP contribution in [0.1, 0.15) is 26.7 Å². The number of carbonyl (C=O) groups excluding carboxylic acids is 3. The first-order valence-electron chi connectivity index (χ1n) is 15.2. The summed E-state index contributed by atoms with van der Waals surface area (Å²) in [6.45, 7) is 0. The van der Waals surface area contributed by atoms with E-state index in [2.05, 4.69) is 16.0 Å². The first-order chi connectivity index (χ1) is 23.3. The summed E-state index contributed by atoms with van der Waals surface area (Å²) in [7, 11) is 5.49. The van der Waals surface area contributed by atoms with Gasteiger partial charge in [0, 0.05) is 41.6 Å². The number of hydrogen-bond acceptors (Lipinski definition) is 6. The van der Waals surface area contributed by atoms with Gasteiger partial charge in [-0.15, -0.1) is 11.8 Å². The van der Waals surface area contributed by atoms with E-state index in [0.717, 1.165) is 21.7 Å². The van der Waals surface area contributed by atoms with E-state index >= 15 is 0 Å². The summed E-state index contributed by atoms with van der Waals surface area (Å²) in [5.74, 6) is -0.393. The Morgan fingerprint density at radius 1 is 0.729 bits per heavy atom. The summed E-state index contributed by atoms with van der Waals surface area (Å²) in [5, 5.41) is 8.14. The molecule has 3 N–H and O–H groups in total. The van der Waals surface area contributed by atoms with Gasteiger partial charge in [0.15, 0.2) is 0 Å². The predicted octanol–water partition coefficient (Wildman–Crippen LogP) is 7.64. The molecule has 5 aromatic carbocycles. The number of methoxy groups -OCH3 is 1. The molecule has 0 aromatic heterocycles. The first-order valence-corrected chi connectivity index (χ1v) is 16.1. The summed E-state index contributed by atoms with van der Waals surface area (Å²) in [5.41, 5.74) is 4.26. The van der Waals surface area contributed by atoms with Gasteiger partial charge in [0.05, 0.1) is 7.11 Å². The van der Waals surface area contributed by atoms with Crippen molar-refractivity contribution in [3.8, 4) is 5.75 Å². The number of ether oxygens (including phenoxy) is 1. The average molecular weight is 657 g/mol. The highest BCUT2D eigenvalue weighted by Gasteiger charge is 2.23. The molecule has 1 unspecified atom stereocenters. The van der Waals surface area contributed by atoms with Crippen molar-refractivity contribution >= 4 is 52.6 Å². The molecular formula is C39H36N4O4S. The first kappa shape index (κ1) is 33.6. The van der Waals surface area contributed by atoms with E-state index < -0.39 is 17.1 Å². The number of anilines is 3. The van der Waals surface area contributed by atoms with Gasteiger partial charge >= 0.3 is 0 Å². The fourth-order valence-electron chi connectivity index (χ4n) is 4.74. The van der Waals surface area contributed by atoms with Crippen molar-refractivity contribution < 1.29 is 19.1 Å². The number of nitrogens with zero attached hydrogens (tertiary/aromatic N) is 1. The van der Waals surface area contributed by atoms with E-state index in [1.54, 1.807) is 67.8 Å². The number of thioether (sulfide) groups is 1. The molecule has 242 valence electrons. The largest absolute Gasteiger partial charge is 0.497 e. The molecular weight excluding hydrogens is 621 g/mol. The Labute approximate surface area is 284 Å². The molecule has 5 rings (SSSR count). The van der Waals surface area contributed by atoms with Crippen LogP contribution in [-0.2, 0) is 9.59 Å². The minimum Gasteiger partial charge on any atom is -0.497 e. The quantitative estimate of drug-likeness (QED) is 0.0943. The lowest BCUT2D eigenvalue weighted by Gasteiger charge is -2.18. The van der Waals surface area contributed by atoms with E-state index in [4.69, 9.17) is 4.74 Å². The van der Waals surface area contributed by atoms with E-state index in [-0.39, 0.29) is 11.6 Å². The van der Waals surface area contributed by atoms with E-state index in [1.807, 2.05) is 97.9 Å². The highest BCUT2D eigenvalue weighted by molar-refractivity contribution is 8.00. The third-order valence-corrected chi connectivity index (χ3v) is 8.54. The lowest BCUT2D eigenvalue weighted by molar-refractivity contribution is -0.116. The fraction of sp³-hybridized carbons (Fsp3) is 0.103. The molecule has 0 aliphatic heterocycles. The normalized spacial score (nSPS) is 11.6. The Hall–Kier alpha value is -5.80. The summed E-state index contributed by atoms with van der Waals surface area (Å²) in [6, 6.07) is 40.3. The second-order valence-electron chi connectivity index (χ2n) is 11.0. The van der Waals surface area contributed by atoms with Gasteiger partial charge in [-0.3, -0.25) is 14.4 Å².